The van der Waals surface area contributed by atoms with E-state index in [9.17, 15) is 9.90 Å². The van der Waals surface area contributed by atoms with Gasteiger partial charge < -0.3 is 16.2 Å². The van der Waals surface area contributed by atoms with Gasteiger partial charge in [-0.25, -0.2) is 0 Å². The van der Waals surface area contributed by atoms with Crippen LogP contribution in [-0.2, 0) is 0 Å². The number of rotatable bonds is 2. The minimum absolute atomic E-state index is 0.110. The Hall–Kier alpha value is -2.49. The molecule has 0 atom stereocenters. The molecule has 2 aromatic carbocycles. The van der Waals surface area contributed by atoms with Crippen LogP contribution in [0.5, 0.6) is 5.75 Å². The van der Waals surface area contributed by atoms with Crippen molar-refractivity contribution in [3.05, 3.63) is 52.6 Å². The lowest BCUT2D eigenvalue weighted by Gasteiger charge is -2.14. The van der Waals surface area contributed by atoms with Crippen molar-refractivity contribution in [3.63, 3.8) is 0 Å². The highest BCUT2D eigenvalue weighted by Crippen LogP contribution is 2.27. The maximum absolute atomic E-state index is 12.3. The molecule has 0 aromatic heterocycles. The van der Waals surface area contributed by atoms with Gasteiger partial charge in [-0.15, -0.1) is 0 Å². The van der Waals surface area contributed by atoms with E-state index in [1.807, 2.05) is 26.0 Å². The molecule has 4 nitrogen and oxygen atoms in total. The molecule has 0 saturated carbocycles. The fraction of sp³-hybridized carbons (Fsp3) is 0.188. The second-order valence-corrected chi connectivity index (χ2v) is 4.88. The number of benzene rings is 2. The van der Waals surface area contributed by atoms with E-state index in [0.29, 0.717) is 16.8 Å². The van der Waals surface area contributed by atoms with Gasteiger partial charge in [0.05, 0.1) is 0 Å². The third-order valence-corrected chi connectivity index (χ3v) is 3.50. The summed E-state index contributed by atoms with van der Waals surface area (Å²) in [6.07, 6.45) is 0. The number of amides is 1. The number of phenols is 1. The SMILES string of the molecule is Cc1ccc(N)c(C)c1NC(=O)c1cccc(O)c1C. The van der Waals surface area contributed by atoms with E-state index in [1.165, 1.54) is 0 Å². The normalized spacial score (nSPS) is 10.3. The minimum atomic E-state index is -0.254. The molecule has 104 valence electrons. The molecule has 1 amide bonds. The van der Waals surface area contributed by atoms with Gasteiger partial charge in [0.1, 0.15) is 5.75 Å². The highest BCUT2D eigenvalue weighted by atomic mass is 16.3. The second kappa shape index (κ2) is 5.25. The zero-order valence-electron chi connectivity index (χ0n) is 11.8. The van der Waals surface area contributed by atoms with Crippen molar-refractivity contribution >= 4 is 17.3 Å². The molecular formula is C16H18N2O2. The van der Waals surface area contributed by atoms with E-state index in [1.54, 1.807) is 25.1 Å². The average molecular weight is 270 g/mol. The van der Waals surface area contributed by atoms with Crippen molar-refractivity contribution in [2.24, 2.45) is 0 Å². The van der Waals surface area contributed by atoms with Crippen LogP contribution in [0.3, 0.4) is 0 Å². The summed E-state index contributed by atoms with van der Waals surface area (Å²) in [4.78, 5) is 12.3. The van der Waals surface area contributed by atoms with Crippen molar-refractivity contribution < 1.29 is 9.90 Å². The van der Waals surface area contributed by atoms with Crippen LogP contribution in [-0.4, -0.2) is 11.0 Å². The van der Waals surface area contributed by atoms with Gasteiger partial charge in [-0.05, 0) is 50.1 Å². The van der Waals surface area contributed by atoms with Crippen LogP contribution >= 0.6 is 0 Å². The average Bonchev–Trinajstić information content (AvgIpc) is 2.42. The van der Waals surface area contributed by atoms with Gasteiger partial charge in [-0.3, -0.25) is 4.79 Å². The molecule has 0 spiro atoms. The Bertz CT molecular complexity index is 678. The van der Waals surface area contributed by atoms with Gasteiger partial charge in [0.25, 0.3) is 5.91 Å². The topological polar surface area (TPSA) is 75.3 Å². The van der Waals surface area contributed by atoms with E-state index in [-0.39, 0.29) is 11.7 Å². The van der Waals surface area contributed by atoms with E-state index in [0.717, 1.165) is 16.8 Å². The van der Waals surface area contributed by atoms with Crippen LogP contribution in [0, 0.1) is 20.8 Å². The molecule has 20 heavy (non-hydrogen) atoms. The van der Waals surface area contributed by atoms with E-state index < -0.39 is 0 Å². The predicted molar refractivity (Wildman–Crippen MR) is 81.1 cm³/mol. The molecule has 0 unspecified atom stereocenters. The van der Waals surface area contributed by atoms with Gasteiger partial charge in [0.15, 0.2) is 0 Å². The lowest BCUT2D eigenvalue weighted by Crippen LogP contribution is -2.15. The Balaban J connectivity index is 2.38. The quantitative estimate of drug-likeness (QED) is 0.734. The second-order valence-electron chi connectivity index (χ2n) is 4.88. The van der Waals surface area contributed by atoms with Gasteiger partial charge in [0, 0.05) is 22.5 Å². The third kappa shape index (κ3) is 2.45. The van der Waals surface area contributed by atoms with E-state index in [2.05, 4.69) is 5.32 Å². The first-order valence-corrected chi connectivity index (χ1v) is 6.37. The lowest BCUT2D eigenvalue weighted by atomic mass is 10.0. The van der Waals surface area contributed by atoms with Crippen LogP contribution in [0.15, 0.2) is 30.3 Å². The first-order chi connectivity index (χ1) is 9.41. The Morgan fingerprint density at radius 2 is 1.80 bits per heavy atom. The van der Waals surface area contributed by atoms with Crippen molar-refractivity contribution in [1.29, 1.82) is 0 Å². The van der Waals surface area contributed by atoms with Crippen molar-refractivity contribution in [2.45, 2.75) is 20.8 Å². The monoisotopic (exact) mass is 270 g/mol. The number of phenolic OH excluding ortho intramolecular Hbond substituents is 1. The first kappa shape index (κ1) is 13.9. The Morgan fingerprint density at radius 1 is 1.10 bits per heavy atom. The number of nitrogens with one attached hydrogen (secondary N) is 1. The number of nitrogens with two attached hydrogens (primary N) is 1. The summed E-state index contributed by atoms with van der Waals surface area (Å²) in [5.74, 6) is -0.145. The Kier molecular flexibility index (Phi) is 3.66. The molecule has 4 heteroatoms. The number of hydrogen-bond donors (Lipinski definition) is 3. The van der Waals surface area contributed by atoms with Crippen LogP contribution in [0.4, 0.5) is 11.4 Å². The van der Waals surface area contributed by atoms with Gasteiger partial charge in [0.2, 0.25) is 0 Å². The van der Waals surface area contributed by atoms with Crippen molar-refractivity contribution in [3.8, 4) is 5.75 Å². The first-order valence-electron chi connectivity index (χ1n) is 6.37. The highest BCUT2D eigenvalue weighted by molar-refractivity contribution is 6.06. The molecule has 0 radical (unpaired) electrons. The zero-order chi connectivity index (χ0) is 14.9. The Labute approximate surface area is 118 Å². The zero-order valence-corrected chi connectivity index (χ0v) is 11.8. The van der Waals surface area contributed by atoms with Crippen LogP contribution < -0.4 is 11.1 Å². The number of carbonyl (C=O) groups excluding carboxylic acids is 1. The summed E-state index contributed by atoms with van der Waals surface area (Å²) in [6, 6.07) is 8.58. The molecule has 0 aliphatic rings. The van der Waals surface area contributed by atoms with Crippen LogP contribution in [0.2, 0.25) is 0 Å². The fourth-order valence-corrected chi connectivity index (χ4v) is 2.11. The maximum atomic E-state index is 12.3. The molecule has 0 aliphatic carbocycles. The predicted octanol–water partition coefficient (Wildman–Crippen LogP) is 3.15. The summed E-state index contributed by atoms with van der Waals surface area (Å²) in [5.41, 5.74) is 10.0. The summed E-state index contributed by atoms with van der Waals surface area (Å²) < 4.78 is 0. The maximum Gasteiger partial charge on any atom is 0.256 e. The van der Waals surface area contributed by atoms with Crippen molar-refractivity contribution in [2.75, 3.05) is 11.1 Å². The smallest absolute Gasteiger partial charge is 0.256 e. The number of anilines is 2. The summed E-state index contributed by atoms with van der Waals surface area (Å²) in [7, 11) is 0. The summed E-state index contributed by atoms with van der Waals surface area (Å²) in [6.45, 7) is 5.49. The van der Waals surface area contributed by atoms with Gasteiger partial charge >= 0.3 is 0 Å². The summed E-state index contributed by atoms with van der Waals surface area (Å²) in [5, 5.41) is 12.5. The number of carbonyl (C=O) groups is 1. The van der Waals surface area contributed by atoms with Crippen LogP contribution in [0.1, 0.15) is 27.0 Å². The van der Waals surface area contributed by atoms with Gasteiger partial charge in [-0.1, -0.05) is 12.1 Å². The largest absolute Gasteiger partial charge is 0.508 e. The lowest BCUT2D eigenvalue weighted by molar-refractivity contribution is 0.102. The standard InChI is InChI=1S/C16H18N2O2/c1-9-7-8-13(17)11(3)15(9)18-16(20)12-5-4-6-14(19)10(12)2/h4-8,19H,17H2,1-3H3,(H,18,20). The third-order valence-electron chi connectivity index (χ3n) is 3.50. The molecule has 2 aromatic rings. The Morgan fingerprint density at radius 3 is 2.50 bits per heavy atom. The number of aromatic hydroxyl groups is 1. The highest BCUT2D eigenvalue weighted by Gasteiger charge is 2.14. The molecule has 2 rings (SSSR count). The number of hydrogen-bond acceptors (Lipinski definition) is 3. The van der Waals surface area contributed by atoms with Crippen molar-refractivity contribution in [1.82, 2.24) is 0 Å². The molecule has 0 fully saturated rings. The number of nitrogen functional groups attached to an aromatic ring is 1. The number of aryl methyl sites for hydroxylation is 1. The molecule has 0 heterocycles. The molecule has 0 aliphatic heterocycles. The molecule has 4 N–H and O–H groups in total. The van der Waals surface area contributed by atoms with Crippen LogP contribution in [0.25, 0.3) is 0 Å². The summed E-state index contributed by atoms with van der Waals surface area (Å²) >= 11 is 0. The molecule has 0 saturated heterocycles. The minimum Gasteiger partial charge on any atom is -0.508 e. The molecule has 0 bridgehead atoms. The van der Waals surface area contributed by atoms with E-state index in [4.69, 9.17) is 5.73 Å². The molecular weight excluding hydrogens is 252 g/mol. The fourth-order valence-electron chi connectivity index (χ4n) is 2.11. The van der Waals surface area contributed by atoms with Gasteiger partial charge in [-0.2, -0.15) is 0 Å². The van der Waals surface area contributed by atoms with E-state index >= 15 is 0 Å².